The number of carbonyl (C=O) groups excluding carboxylic acids is 2. The molecule has 8 unspecified atom stereocenters. The highest BCUT2D eigenvalue weighted by Gasteiger charge is 2.47. The first kappa shape index (κ1) is 86.1. The molecule has 0 aromatic carbocycles. The van der Waals surface area contributed by atoms with Gasteiger partial charge in [-0.2, -0.15) is 0 Å². The minimum Gasteiger partial charge on any atom is -0.454 e. The molecular formula is C80H145NO10. The molecule has 530 valence electrons. The fourth-order valence-corrected chi connectivity index (χ4v) is 12.0. The van der Waals surface area contributed by atoms with Crippen molar-refractivity contribution in [3.63, 3.8) is 0 Å². The lowest BCUT2D eigenvalue weighted by atomic mass is 9.99. The fourth-order valence-electron chi connectivity index (χ4n) is 12.0. The molecule has 0 radical (unpaired) electrons. The van der Waals surface area contributed by atoms with E-state index in [9.17, 15) is 35.1 Å². The van der Waals surface area contributed by atoms with Crippen LogP contribution in [0.25, 0.3) is 0 Å². The van der Waals surface area contributed by atoms with Gasteiger partial charge in [-0.05, 0) is 96.3 Å². The van der Waals surface area contributed by atoms with Crippen molar-refractivity contribution in [1.29, 1.82) is 0 Å². The number of esters is 1. The number of nitrogens with one attached hydrogen (secondary N) is 1. The third kappa shape index (κ3) is 54.0. The molecule has 0 aromatic rings. The van der Waals surface area contributed by atoms with Crippen molar-refractivity contribution in [3.05, 3.63) is 72.9 Å². The fraction of sp³-hybridized carbons (Fsp3) is 0.825. The van der Waals surface area contributed by atoms with E-state index in [1.54, 1.807) is 6.08 Å². The van der Waals surface area contributed by atoms with Crippen LogP contribution in [0.2, 0.25) is 0 Å². The zero-order valence-electron chi connectivity index (χ0n) is 59.2. The number of allylic oxidation sites excluding steroid dienone is 11. The van der Waals surface area contributed by atoms with Crippen LogP contribution in [0.1, 0.15) is 361 Å². The molecule has 8 atom stereocenters. The van der Waals surface area contributed by atoms with E-state index in [1.807, 2.05) is 6.08 Å². The molecule has 1 rings (SSSR count). The van der Waals surface area contributed by atoms with Crippen molar-refractivity contribution in [2.75, 3.05) is 13.2 Å². The zero-order valence-corrected chi connectivity index (χ0v) is 59.2. The van der Waals surface area contributed by atoms with Gasteiger partial charge < -0.3 is 45.1 Å². The number of aliphatic hydroxyl groups excluding tert-OH is 5. The van der Waals surface area contributed by atoms with Gasteiger partial charge in [0.15, 0.2) is 12.4 Å². The number of hydrogen-bond acceptors (Lipinski definition) is 10. The van der Waals surface area contributed by atoms with E-state index in [4.69, 9.17) is 14.2 Å². The Hall–Kier alpha value is -2.90. The highest BCUT2D eigenvalue weighted by atomic mass is 16.7. The maximum absolute atomic E-state index is 13.5. The van der Waals surface area contributed by atoms with Gasteiger partial charge >= 0.3 is 5.97 Å². The monoisotopic (exact) mass is 1280 g/mol. The third-order valence-electron chi connectivity index (χ3n) is 18.1. The van der Waals surface area contributed by atoms with Gasteiger partial charge in [0.25, 0.3) is 0 Å². The summed E-state index contributed by atoms with van der Waals surface area (Å²) in [5, 5.41) is 57.4. The Morgan fingerprint density at radius 2 is 0.758 bits per heavy atom. The van der Waals surface area contributed by atoms with Crippen LogP contribution < -0.4 is 5.32 Å². The molecule has 11 nitrogen and oxygen atoms in total. The summed E-state index contributed by atoms with van der Waals surface area (Å²) < 4.78 is 17.8. The van der Waals surface area contributed by atoms with Gasteiger partial charge in [-0.1, -0.05) is 331 Å². The molecule has 1 saturated heterocycles. The summed E-state index contributed by atoms with van der Waals surface area (Å²) in [6.45, 7) is 5.79. The molecule has 1 fully saturated rings. The first-order valence-electron chi connectivity index (χ1n) is 38.7. The number of hydrogen-bond donors (Lipinski definition) is 6. The lowest BCUT2D eigenvalue weighted by Gasteiger charge is -2.41. The van der Waals surface area contributed by atoms with Crippen molar-refractivity contribution < 1.29 is 49.3 Å². The molecule has 1 amide bonds. The van der Waals surface area contributed by atoms with Crippen LogP contribution in [-0.2, 0) is 23.8 Å². The topological polar surface area (TPSA) is 175 Å². The Morgan fingerprint density at radius 3 is 1.15 bits per heavy atom. The Bertz CT molecular complexity index is 1760. The van der Waals surface area contributed by atoms with Gasteiger partial charge in [-0.25, -0.2) is 0 Å². The van der Waals surface area contributed by atoms with Gasteiger partial charge in [0.1, 0.15) is 24.4 Å². The molecule has 0 saturated carbocycles. The minimum absolute atomic E-state index is 0.124. The first-order valence-corrected chi connectivity index (χ1v) is 38.7. The van der Waals surface area contributed by atoms with Crippen LogP contribution in [0.15, 0.2) is 72.9 Å². The summed E-state index contributed by atoms with van der Waals surface area (Å²) in [5.74, 6) is -1.19. The number of ether oxygens (including phenoxy) is 3. The molecule has 0 aromatic heterocycles. The number of aliphatic hydroxyl groups is 5. The second-order valence-corrected chi connectivity index (χ2v) is 26.7. The summed E-state index contributed by atoms with van der Waals surface area (Å²) in [4.78, 5) is 26.8. The molecule has 0 bridgehead atoms. The van der Waals surface area contributed by atoms with E-state index in [2.05, 4.69) is 86.8 Å². The van der Waals surface area contributed by atoms with Gasteiger partial charge in [0.2, 0.25) is 5.91 Å². The summed E-state index contributed by atoms with van der Waals surface area (Å²) >= 11 is 0. The minimum atomic E-state index is -1.62. The van der Waals surface area contributed by atoms with Crippen LogP contribution in [0, 0.1) is 0 Å². The summed E-state index contributed by atoms with van der Waals surface area (Å²) in [7, 11) is 0. The second kappa shape index (κ2) is 67.1. The third-order valence-corrected chi connectivity index (χ3v) is 18.1. The van der Waals surface area contributed by atoms with E-state index in [1.165, 1.54) is 231 Å². The smallest absolute Gasteiger partial charge is 0.306 e. The predicted molar refractivity (Wildman–Crippen MR) is 384 cm³/mol. The molecule has 11 heteroatoms. The predicted octanol–water partition coefficient (Wildman–Crippen LogP) is 20.6. The summed E-state index contributed by atoms with van der Waals surface area (Å²) in [6, 6.07) is -1.03. The van der Waals surface area contributed by atoms with Crippen molar-refractivity contribution in [3.8, 4) is 0 Å². The summed E-state index contributed by atoms with van der Waals surface area (Å²) in [5.41, 5.74) is 0. The van der Waals surface area contributed by atoms with Gasteiger partial charge in [-0.3, -0.25) is 9.59 Å². The lowest BCUT2D eigenvalue weighted by Crippen LogP contribution is -2.61. The SMILES string of the molecule is CCCCC/C=C\C/C=C\C/C=C\CCCCCCCCCCCC(O)C(=O)NC(COC1OC(CO)C(O)C(O)C1OC(=O)CCCCCCCCCCCCCCCCCCC/C=C\C/C=C\CCCCC)C(O)/C=C/CCCCCCCCCCCCC. The van der Waals surface area contributed by atoms with E-state index >= 15 is 0 Å². The molecule has 0 spiro atoms. The number of carbonyl (C=O) groups is 2. The highest BCUT2D eigenvalue weighted by Crippen LogP contribution is 2.27. The van der Waals surface area contributed by atoms with Gasteiger partial charge in [0.05, 0.1) is 25.4 Å². The molecule has 91 heavy (non-hydrogen) atoms. The number of unbranched alkanes of at least 4 members (excludes halogenated alkanes) is 43. The molecule has 1 aliphatic heterocycles. The van der Waals surface area contributed by atoms with E-state index in [0.717, 1.165) is 83.5 Å². The molecule has 0 aliphatic carbocycles. The largest absolute Gasteiger partial charge is 0.454 e. The number of amides is 1. The van der Waals surface area contributed by atoms with Crippen molar-refractivity contribution >= 4 is 11.9 Å². The normalized spacial score (nSPS) is 18.4. The second-order valence-electron chi connectivity index (χ2n) is 26.7. The Morgan fingerprint density at radius 1 is 0.429 bits per heavy atom. The maximum Gasteiger partial charge on any atom is 0.306 e. The maximum atomic E-state index is 13.5. The van der Waals surface area contributed by atoms with Crippen molar-refractivity contribution in [1.82, 2.24) is 5.32 Å². The number of rotatable bonds is 67. The van der Waals surface area contributed by atoms with Gasteiger partial charge in [-0.15, -0.1) is 0 Å². The van der Waals surface area contributed by atoms with E-state index < -0.39 is 67.4 Å². The van der Waals surface area contributed by atoms with Gasteiger partial charge in [0, 0.05) is 6.42 Å². The quantitative estimate of drug-likeness (QED) is 0.0195. The van der Waals surface area contributed by atoms with E-state index in [-0.39, 0.29) is 19.4 Å². The van der Waals surface area contributed by atoms with Crippen LogP contribution >= 0.6 is 0 Å². The lowest BCUT2D eigenvalue weighted by molar-refractivity contribution is -0.305. The Balaban J connectivity index is 2.53. The molecule has 1 aliphatic rings. The summed E-state index contributed by atoms with van der Waals surface area (Å²) in [6.07, 6.45) is 78.0. The average Bonchev–Trinajstić information content (AvgIpc) is 1.05. The van der Waals surface area contributed by atoms with Crippen LogP contribution in [0.3, 0.4) is 0 Å². The Labute approximate surface area is 560 Å². The van der Waals surface area contributed by atoms with Crippen LogP contribution in [0.5, 0.6) is 0 Å². The van der Waals surface area contributed by atoms with Crippen LogP contribution in [-0.4, -0.2) is 99.6 Å². The standard InChI is InChI=1S/C80H145NO10/c1-4-7-10-13-16-19-22-25-27-29-31-33-35-36-37-38-39-41-43-45-47-50-53-56-59-62-65-68-75(85)91-78-77(87)76(86)74(69-82)90-80(78)89-70-71(72(83)66-63-60-57-54-51-48-24-21-18-15-12-9-6-3)81-79(88)73(84)67-64-61-58-55-52-49-46-44-42-40-34-32-30-28-26-23-20-17-14-11-8-5-2/h16-17,19-20,25-28,32,34,63,66,71-74,76-78,80,82-84,86-87H,4-15,18,21-24,29-31,33,35-62,64-65,67-70H2,1-3H3,(H,81,88)/b19-16-,20-17-,27-25-,28-26-,34-32-,66-63+. The molecular weight excluding hydrogens is 1130 g/mol. The average molecular weight is 1280 g/mol. The Kier molecular flexibility index (Phi) is 63.5. The first-order chi connectivity index (χ1) is 44.7. The zero-order chi connectivity index (χ0) is 66.0. The van der Waals surface area contributed by atoms with Crippen LogP contribution in [0.4, 0.5) is 0 Å². The van der Waals surface area contributed by atoms with Crippen molar-refractivity contribution in [2.45, 2.75) is 410 Å². The van der Waals surface area contributed by atoms with E-state index in [0.29, 0.717) is 12.8 Å². The molecule has 1 heterocycles. The highest BCUT2D eigenvalue weighted by molar-refractivity contribution is 5.80. The molecule has 6 N–H and O–H groups in total. The van der Waals surface area contributed by atoms with Crippen molar-refractivity contribution in [2.24, 2.45) is 0 Å².